The number of hydrogen-bond donors (Lipinski definition) is 2. The van der Waals surface area contributed by atoms with E-state index in [9.17, 15) is 23.2 Å². The van der Waals surface area contributed by atoms with Gasteiger partial charge in [0, 0.05) is 62.7 Å². The van der Waals surface area contributed by atoms with E-state index >= 15 is 8.78 Å². The number of nitrogens with zero attached hydrogens (tertiary/aromatic N) is 3. The third kappa shape index (κ3) is 5.98. The predicted octanol–water partition coefficient (Wildman–Crippen LogP) is 4.23. The molecule has 1 saturated heterocycles. The van der Waals surface area contributed by atoms with Crippen LogP contribution in [0.4, 0.5) is 33.7 Å². The van der Waals surface area contributed by atoms with Gasteiger partial charge in [-0.05, 0) is 33.4 Å². The maximum absolute atomic E-state index is 16.2. The molecule has 1 fully saturated rings. The number of carbonyl (C=O) groups excluding carboxylic acids is 2. The number of piperazine rings is 1. The van der Waals surface area contributed by atoms with Crippen molar-refractivity contribution in [3.8, 4) is 0 Å². The summed E-state index contributed by atoms with van der Waals surface area (Å²) in [5, 5.41) is 2.36. The third-order valence-electron chi connectivity index (χ3n) is 7.01. The molecule has 0 bridgehead atoms. The summed E-state index contributed by atoms with van der Waals surface area (Å²) in [6, 6.07) is 1.72. The summed E-state index contributed by atoms with van der Waals surface area (Å²) in [4.78, 5) is 44.3. The summed E-state index contributed by atoms with van der Waals surface area (Å²) in [5.74, 6) is -3.11. The van der Waals surface area contributed by atoms with Gasteiger partial charge < -0.3 is 29.7 Å². The van der Waals surface area contributed by atoms with Gasteiger partial charge in [0.05, 0.1) is 22.9 Å². The quantitative estimate of drug-likeness (QED) is 0.509. The first-order valence-electron chi connectivity index (χ1n) is 12.8. The molecular formula is C27H31F4N5O4. The number of H-pyrrole nitrogens is 1. The van der Waals surface area contributed by atoms with Crippen molar-refractivity contribution in [3.63, 3.8) is 0 Å². The van der Waals surface area contributed by atoms with E-state index in [1.807, 2.05) is 14.0 Å². The van der Waals surface area contributed by atoms with E-state index in [-0.39, 0.29) is 36.5 Å². The van der Waals surface area contributed by atoms with E-state index in [1.165, 1.54) is 11.0 Å². The number of aromatic amines is 1. The van der Waals surface area contributed by atoms with Crippen molar-refractivity contribution >= 4 is 28.9 Å². The number of ether oxygens (including phenoxy) is 1. The first-order chi connectivity index (χ1) is 18.9. The van der Waals surface area contributed by atoms with Crippen molar-refractivity contribution < 1.29 is 31.9 Å². The molecule has 13 heteroatoms. The molecule has 2 aliphatic heterocycles. The molecule has 2 aromatic rings. The zero-order valence-corrected chi connectivity index (χ0v) is 22.6. The Morgan fingerprint density at radius 2 is 1.90 bits per heavy atom. The van der Waals surface area contributed by atoms with Gasteiger partial charge in [-0.15, -0.1) is 0 Å². The van der Waals surface area contributed by atoms with Crippen LogP contribution in [-0.4, -0.2) is 78.7 Å². The number of rotatable bonds is 6. The molecule has 2 aliphatic rings. The van der Waals surface area contributed by atoms with Crippen molar-refractivity contribution in [1.29, 1.82) is 0 Å². The predicted molar refractivity (Wildman–Crippen MR) is 142 cm³/mol. The number of halogens is 4. The minimum Gasteiger partial charge on any atom is -0.447 e. The van der Waals surface area contributed by atoms with Crippen LogP contribution < -0.4 is 15.8 Å². The minimum absolute atomic E-state index is 0.0193. The number of nitrogens with one attached hydrogen (secondary N) is 2. The molecule has 40 heavy (non-hydrogen) atoms. The van der Waals surface area contributed by atoms with Crippen molar-refractivity contribution in [2.75, 3.05) is 50.0 Å². The second kappa shape index (κ2) is 11.7. The Kier molecular flexibility index (Phi) is 8.52. The van der Waals surface area contributed by atoms with Gasteiger partial charge >= 0.3 is 6.09 Å². The molecule has 2 N–H and O–H groups in total. The fourth-order valence-electron chi connectivity index (χ4n) is 4.73. The lowest BCUT2D eigenvalue weighted by atomic mass is 10.0. The van der Waals surface area contributed by atoms with Crippen LogP contribution in [0.3, 0.4) is 0 Å². The molecule has 0 spiro atoms. The zero-order valence-electron chi connectivity index (χ0n) is 22.6. The van der Waals surface area contributed by atoms with Gasteiger partial charge in [0.2, 0.25) is 5.56 Å². The minimum atomic E-state index is -3.14. The average Bonchev–Trinajstić information content (AvgIpc) is 3.36. The molecular weight excluding hydrogens is 534 g/mol. The fourth-order valence-corrected chi connectivity index (χ4v) is 4.73. The Morgan fingerprint density at radius 1 is 1.18 bits per heavy atom. The Hall–Kier alpha value is -3.87. The van der Waals surface area contributed by atoms with Gasteiger partial charge in [0.15, 0.2) is 5.82 Å². The Morgan fingerprint density at radius 3 is 2.55 bits per heavy atom. The van der Waals surface area contributed by atoms with Gasteiger partial charge in [-0.25, -0.2) is 22.4 Å². The first-order valence-corrected chi connectivity index (χ1v) is 12.8. The number of alkyl halides is 2. The molecule has 1 aromatic carbocycles. The van der Waals surface area contributed by atoms with Crippen LogP contribution in [-0.2, 0) is 4.74 Å². The first kappa shape index (κ1) is 29.1. The second-order valence-corrected chi connectivity index (χ2v) is 10.2. The smallest absolute Gasteiger partial charge is 0.410 e. The average molecular weight is 566 g/mol. The van der Waals surface area contributed by atoms with Crippen LogP contribution in [0.2, 0.25) is 0 Å². The molecule has 0 radical (unpaired) electrons. The topological polar surface area (TPSA) is 98.0 Å². The number of carbonyl (C=O) groups is 2. The van der Waals surface area contributed by atoms with Crippen molar-refractivity contribution in [2.24, 2.45) is 0 Å². The van der Waals surface area contributed by atoms with Crippen LogP contribution in [0.15, 0.2) is 29.2 Å². The summed E-state index contributed by atoms with van der Waals surface area (Å²) < 4.78 is 64.2. The summed E-state index contributed by atoms with van der Waals surface area (Å²) in [5.41, 5.74) is -2.84. The number of amides is 2. The van der Waals surface area contributed by atoms with Gasteiger partial charge in [-0.1, -0.05) is 6.08 Å². The van der Waals surface area contributed by atoms with E-state index in [2.05, 4.69) is 15.2 Å². The molecule has 0 saturated carbocycles. The molecule has 1 aromatic heterocycles. The lowest BCUT2D eigenvalue weighted by Gasteiger charge is -2.40. The molecule has 1 atom stereocenters. The van der Waals surface area contributed by atoms with Crippen LogP contribution in [0.1, 0.15) is 48.7 Å². The number of benzene rings is 1. The van der Waals surface area contributed by atoms with Crippen LogP contribution in [0.5, 0.6) is 0 Å². The lowest BCUT2D eigenvalue weighted by molar-refractivity contribution is 0.0853. The van der Waals surface area contributed by atoms with Gasteiger partial charge in [0.25, 0.3) is 12.3 Å². The van der Waals surface area contributed by atoms with Crippen LogP contribution in [0.25, 0.3) is 5.57 Å². The maximum Gasteiger partial charge on any atom is 0.410 e. The summed E-state index contributed by atoms with van der Waals surface area (Å²) in [6.45, 7) is 6.58. The zero-order chi connectivity index (χ0) is 29.3. The van der Waals surface area contributed by atoms with Gasteiger partial charge in [-0.2, -0.15) is 0 Å². The monoisotopic (exact) mass is 565 g/mol. The Labute approximate surface area is 228 Å². The molecule has 216 valence electrons. The number of hydrogen-bond acceptors (Lipinski definition) is 6. The van der Waals surface area contributed by atoms with Crippen molar-refractivity contribution in [2.45, 2.75) is 39.3 Å². The van der Waals surface area contributed by atoms with Crippen molar-refractivity contribution in [1.82, 2.24) is 14.8 Å². The maximum atomic E-state index is 16.2. The van der Waals surface area contributed by atoms with E-state index < -0.39 is 58.0 Å². The van der Waals surface area contributed by atoms with Crippen molar-refractivity contribution in [3.05, 3.63) is 63.1 Å². The van der Waals surface area contributed by atoms with E-state index in [4.69, 9.17) is 4.74 Å². The summed E-state index contributed by atoms with van der Waals surface area (Å²) in [6.07, 6.45) is -1.85. The molecule has 2 amide bonds. The van der Waals surface area contributed by atoms with Crippen LogP contribution in [0, 0.1) is 11.6 Å². The summed E-state index contributed by atoms with van der Waals surface area (Å²) >= 11 is 0. The largest absolute Gasteiger partial charge is 0.447 e. The van der Waals surface area contributed by atoms with Gasteiger partial charge in [-0.3, -0.25) is 9.59 Å². The molecule has 3 heterocycles. The van der Waals surface area contributed by atoms with E-state index in [1.54, 1.807) is 18.7 Å². The summed E-state index contributed by atoms with van der Waals surface area (Å²) in [7, 11) is 1.92. The normalized spacial score (nSPS) is 17.9. The number of aromatic nitrogens is 1. The molecule has 4 rings (SSSR count). The Bertz CT molecular complexity index is 1390. The van der Waals surface area contributed by atoms with E-state index in [0.29, 0.717) is 25.7 Å². The highest BCUT2D eigenvalue weighted by Gasteiger charge is 2.32. The molecule has 9 nitrogen and oxygen atoms in total. The van der Waals surface area contributed by atoms with Gasteiger partial charge in [0.1, 0.15) is 11.5 Å². The second-order valence-electron chi connectivity index (χ2n) is 10.2. The highest BCUT2D eigenvalue weighted by Crippen LogP contribution is 2.38. The molecule has 0 aliphatic carbocycles. The third-order valence-corrected chi connectivity index (χ3v) is 7.01. The molecule has 0 unspecified atom stereocenters. The lowest BCUT2D eigenvalue weighted by Crippen LogP contribution is -2.50. The van der Waals surface area contributed by atoms with Crippen LogP contribution >= 0.6 is 0 Å². The SMILES string of the molecule is CC(C)OC(=O)N1CC=C(c2c(F)cc(N3CCN(C)[C@@H](C)C3)c(NC(=O)c3c[nH]c(=O)cc3C(F)F)c2F)C1. The highest BCUT2D eigenvalue weighted by molar-refractivity contribution is 6.07. The number of likely N-dealkylation sites (N-methyl/N-ethyl adjacent to an activating group) is 1. The standard InChI is InChI=1S/C27H31F4N5O4/c1-14(2)40-27(39)36-6-5-16(13-36)22-19(28)10-20(35-8-7-34(4)15(3)12-35)24(23(22)29)33-26(38)18-11-32-21(37)9-17(18)25(30)31/h5,9-11,14-15,25H,6-8,12-13H2,1-4H3,(H,32,37)(H,33,38)/t15-/m0/s1. The number of anilines is 2. The highest BCUT2D eigenvalue weighted by atomic mass is 19.3. The number of pyridine rings is 1. The Balaban J connectivity index is 1.76. The fraction of sp³-hybridized carbons (Fsp3) is 0.444. The van der Waals surface area contributed by atoms with E-state index in [0.717, 1.165) is 12.3 Å².